The second-order valence-electron chi connectivity index (χ2n) is 2.52. The van der Waals surface area contributed by atoms with Gasteiger partial charge < -0.3 is 6.92 Å². The molecule has 0 saturated heterocycles. The Morgan fingerprint density at radius 1 is 1.14 bits per heavy atom. The van der Waals surface area contributed by atoms with Crippen molar-refractivity contribution in [1.82, 2.24) is 0 Å². The van der Waals surface area contributed by atoms with Crippen LogP contribution >= 0.6 is 11.8 Å². The van der Waals surface area contributed by atoms with Crippen LogP contribution in [0.2, 0.25) is 0 Å². The van der Waals surface area contributed by atoms with Gasteiger partial charge in [0.2, 0.25) is 0 Å². The first kappa shape index (κ1) is 17.1. The van der Waals surface area contributed by atoms with E-state index in [2.05, 4.69) is 38.1 Å². The Morgan fingerprint density at radius 3 is 2.07 bits per heavy atom. The van der Waals surface area contributed by atoms with Gasteiger partial charge in [0.15, 0.2) is 0 Å². The van der Waals surface area contributed by atoms with Crippen LogP contribution in [0.15, 0.2) is 29.2 Å². The van der Waals surface area contributed by atoms with E-state index >= 15 is 0 Å². The predicted molar refractivity (Wildman–Crippen MR) is 63.2 cm³/mol. The molecule has 1 aromatic carbocycles. The Kier molecular flexibility index (Phi) is 14.3. The van der Waals surface area contributed by atoms with E-state index in [0.717, 1.165) is 12.2 Å². The zero-order valence-electron chi connectivity index (χ0n) is 9.42. The molecule has 0 aromatic heterocycles. The van der Waals surface area contributed by atoms with Crippen molar-refractivity contribution in [3.8, 4) is 0 Å². The average Bonchev–Trinajstić information content (AvgIpc) is 2.20. The van der Waals surface area contributed by atoms with Gasteiger partial charge in [-0.3, -0.25) is 0 Å². The maximum absolute atomic E-state index is 3.80. The third-order valence-corrected chi connectivity index (χ3v) is 2.53. The van der Waals surface area contributed by atoms with Crippen LogP contribution in [0.5, 0.6) is 0 Å². The molecule has 0 aliphatic heterocycles. The third-order valence-electron chi connectivity index (χ3n) is 1.43. The fraction of sp³-hybridized carbons (Fsp3) is 0.417. The molecule has 0 amide bonds. The Bertz CT molecular complexity index is 206. The van der Waals surface area contributed by atoms with Gasteiger partial charge in [-0.2, -0.15) is 6.42 Å². The fourth-order valence-corrected chi connectivity index (χ4v) is 1.53. The normalized spacial score (nSPS) is 8.29. The van der Waals surface area contributed by atoms with Gasteiger partial charge in [0, 0.05) is 37.6 Å². The van der Waals surface area contributed by atoms with E-state index in [0.29, 0.717) is 0 Å². The molecule has 0 nitrogen and oxygen atoms in total. The number of aryl methyl sites for hydroxylation is 1. The minimum Gasteiger partial charge on any atom is -0.343 e. The third kappa shape index (κ3) is 8.02. The van der Waals surface area contributed by atoms with E-state index in [9.17, 15) is 0 Å². The van der Waals surface area contributed by atoms with Crippen LogP contribution in [-0.4, -0.2) is 5.75 Å². The van der Waals surface area contributed by atoms with E-state index in [4.69, 9.17) is 0 Å². The minimum atomic E-state index is 0. The molecule has 14 heavy (non-hydrogen) atoms. The second kappa shape index (κ2) is 11.7. The zero-order chi connectivity index (χ0) is 10.1. The van der Waals surface area contributed by atoms with Crippen molar-refractivity contribution in [3.63, 3.8) is 0 Å². The summed E-state index contributed by atoms with van der Waals surface area (Å²) < 4.78 is 0. The molecular formula is C12H19SY-. The van der Waals surface area contributed by atoms with Crippen LogP contribution < -0.4 is 0 Å². The summed E-state index contributed by atoms with van der Waals surface area (Å²) in [6, 6.07) is 8.61. The Hall–Kier alpha value is 0.674. The molecule has 0 aliphatic carbocycles. The van der Waals surface area contributed by atoms with Crippen molar-refractivity contribution >= 4 is 11.8 Å². The van der Waals surface area contributed by atoms with Gasteiger partial charge >= 0.3 is 0 Å². The van der Waals surface area contributed by atoms with Crippen molar-refractivity contribution in [2.75, 3.05) is 5.75 Å². The summed E-state index contributed by atoms with van der Waals surface area (Å²) in [4.78, 5) is 1.35. The minimum absolute atomic E-state index is 0. The fourth-order valence-electron chi connectivity index (χ4n) is 0.825. The number of rotatable bonds is 3. The van der Waals surface area contributed by atoms with Crippen LogP contribution in [0.3, 0.4) is 0 Å². The summed E-state index contributed by atoms with van der Waals surface area (Å²) in [6.45, 7) is 9.90. The van der Waals surface area contributed by atoms with Gasteiger partial charge in [0.1, 0.15) is 0 Å². The summed E-state index contributed by atoms with van der Waals surface area (Å²) in [5, 5.41) is 0. The molecule has 1 rings (SSSR count). The van der Waals surface area contributed by atoms with Gasteiger partial charge in [0.25, 0.3) is 0 Å². The van der Waals surface area contributed by atoms with E-state index in [1.807, 2.05) is 25.6 Å². The monoisotopic (exact) mass is 284 g/mol. The SMILES string of the molecule is CC.[CH2-]CCSc1ccc(C)cc1.[Y]. The van der Waals surface area contributed by atoms with Crippen LogP contribution in [0, 0.1) is 13.8 Å². The number of hydrogen-bond acceptors (Lipinski definition) is 1. The van der Waals surface area contributed by atoms with Crippen molar-refractivity contribution in [2.24, 2.45) is 0 Å². The molecule has 0 N–H and O–H groups in total. The molecule has 0 atom stereocenters. The molecule has 0 unspecified atom stereocenters. The Balaban J connectivity index is 0. The van der Waals surface area contributed by atoms with Gasteiger partial charge in [-0.15, -0.1) is 11.8 Å². The Labute approximate surface area is 118 Å². The first-order chi connectivity index (χ1) is 6.33. The summed E-state index contributed by atoms with van der Waals surface area (Å²) in [5.41, 5.74) is 1.32. The van der Waals surface area contributed by atoms with Crippen molar-refractivity contribution in [3.05, 3.63) is 36.8 Å². The molecule has 77 valence electrons. The summed E-state index contributed by atoms with van der Waals surface area (Å²) in [6.07, 6.45) is 0.999. The molecule has 2 heteroatoms. The molecular weight excluding hydrogens is 265 g/mol. The number of thioether (sulfide) groups is 1. The summed E-state index contributed by atoms with van der Waals surface area (Å²) in [5.74, 6) is 1.11. The molecule has 0 bridgehead atoms. The average molecular weight is 284 g/mol. The van der Waals surface area contributed by atoms with Gasteiger partial charge in [-0.05, 0) is 24.8 Å². The van der Waals surface area contributed by atoms with Gasteiger partial charge in [-0.1, -0.05) is 31.5 Å². The van der Waals surface area contributed by atoms with Crippen LogP contribution in [-0.2, 0) is 32.7 Å². The molecule has 0 saturated carbocycles. The Morgan fingerprint density at radius 2 is 1.64 bits per heavy atom. The topological polar surface area (TPSA) is 0 Å². The maximum atomic E-state index is 3.80. The van der Waals surface area contributed by atoms with Crippen molar-refractivity contribution in [1.29, 1.82) is 0 Å². The largest absolute Gasteiger partial charge is 0.343 e. The number of hydrogen-bond donors (Lipinski definition) is 0. The van der Waals surface area contributed by atoms with Crippen molar-refractivity contribution < 1.29 is 32.7 Å². The van der Waals surface area contributed by atoms with Crippen LogP contribution in [0.1, 0.15) is 25.8 Å². The number of benzene rings is 1. The second-order valence-corrected chi connectivity index (χ2v) is 3.68. The predicted octanol–water partition coefficient (Wildman–Crippen LogP) is 4.34. The van der Waals surface area contributed by atoms with Gasteiger partial charge in [-0.25, -0.2) is 0 Å². The smallest absolute Gasteiger partial charge is 0.00711 e. The van der Waals surface area contributed by atoms with Crippen molar-refractivity contribution in [2.45, 2.75) is 32.1 Å². The first-order valence-electron chi connectivity index (χ1n) is 4.81. The standard InChI is InChI=1S/C10H13S.C2H6.Y/c1-3-8-11-10-6-4-9(2)5-7-10;1-2;/h4-7H,1,3,8H2,2H3;1-2H3;/q-1;;. The van der Waals surface area contributed by atoms with Crippen LogP contribution in [0.4, 0.5) is 0 Å². The molecule has 1 aromatic rings. The first-order valence-corrected chi connectivity index (χ1v) is 5.80. The van der Waals surface area contributed by atoms with E-state index in [-0.39, 0.29) is 32.7 Å². The van der Waals surface area contributed by atoms with E-state index < -0.39 is 0 Å². The quantitative estimate of drug-likeness (QED) is 0.588. The molecule has 1 radical (unpaired) electrons. The van der Waals surface area contributed by atoms with E-state index in [1.54, 1.807) is 0 Å². The van der Waals surface area contributed by atoms with Crippen LogP contribution in [0.25, 0.3) is 0 Å². The molecule has 0 aliphatic rings. The molecule has 0 fully saturated rings. The molecule has 0 spiro atoms. The van der Waals surface area contributed by atoms with Gasteiger partial charge in [0.05, 0.1) is 0 Å². The summed E-state index contributed by atoms with van der Waals surface area (Å²) >= 11 is 1.87. The summed E-state index contributed by atoms with van der Waals surface area (Å²) in [7, 11) is 0. The molecule has 0 heterocycles. The van der Waals surface area contributed by atoms with E-state index in [1.165, 1.54) is 10.5 Å². The zero-order valence-corrected chi connectivity index (χ0v) is 13.1. The maximum Gasteiger partial charge on any atom is 0.00711 e.